The maximum absolute atomic E-state index is 13.1. The van der Waals surface area contributed by atoms with E-state index < -0.39 is 46.3 Å². The molecule has 3 N–H and O–H groups in total. The number of nitrogens with zero attached hydrogens (tertiary/aromatic N) is 1. The summed E-state index contributed by atoms with van der Waals surface area (Å²) in [5.74, 6) is -1.50. The molecule has 2 aromatic carbocycles. The van der Waals surface area contributed by atoms with Crippen LogP contribution in [0.1, 0.15) is 52.5 Å². The van der Waals surface area contributed by atoms with Gasteiger partial charge in [-0.3, -0.25) is 24.2 Å². The van der Waals surface area contributed by atoms with Gasteiger partial charge in [-0.15, -0.1) is 0 Å². The highest BCUT2D eigenvalue weighted by Crippen LogP contribution is 2.26. The van der Waals surface area contributed by atoms with E-state index in [4.69, 9.17) is 44.3 Å². The molecule has 1 heterocycles. The molecule has 1 aliphatic rings. The van der Waals surface area contributed by atoms with E-state index >= 15 is 0 Å². The van der Waals surface area contributed by atoms with Crippen molar-refractivity contribution in [3.8, 4) is 16.9 Å². The first kappa shape index (κ1) is 36.4. The first-order valence-electron chi connectivity index (χ1n) is 15.0. The third kappa shape index (κ3) is 12.0. The van der Waals surface area contributed by atoms with Crippen LogP contribution in [0.3, 0.4) is 0 Å². The smallest absolute Gasteiger partial charge is 0.325 e. The summed E-state index contributed by atoms with van der Waals surface area (Å²) < 4.78 is 8.96. The summed E-state index contributed by atoms with van der Waals surface area (Å²) in [6.07, 6.45) is 1.94. The predicted molar refractivity (Wildman–Crippen MR) is 175 cm³/mol. The molecular weight excluding hydrogens is 643 g/mol. The maximum atomic E-state index is 13.1. The number of amides is 3. The summed E-state index contributed by atoms with van der Waals surface area (Å²) in [5, 5.41) is 6.88. The molecule has 0 bridgehead atoms. The van der Waals surface area contributed by atoms with Crippen molar-refractivity contribution in [2.45, 2.75) is 75.3 Å². The maximum Gasteiger partial charge on any atom is 0.325 e. The number of aryl methyl sites for hydroxylation is 1. The molecular formula is C32H41Cl3N4O6. The Balaban J connectivity index is 1.46. The molecule has 1 fully saturated rings. The number of nitrogens with one attached hydrogen (secondary N) is 3. The number of alkyl halides is 3. The van der Waals surface area contributed by atoms with Gasteiger partial charge in [0.25, 0.3) is 5.91 Å². The van der Waals surface area contributed by atoms with Crippen molar-refractivity contribution in [3.05, 3.63) is 54.1 Å². The van der Waals surface area contributed by atoms with E-state index in [1.165, 1.54) is 10.6 Å². The zero-order valence-electron chi connectivity index (χ0n) is 25.9. The summed E-state index contributed by atoms with van der Waals surface area (Å²) in [6.45, 7) is 7.14. The highest BCUT2D eigenvalue weighted by molar-refractivity contribution is 6.67. The standard InChI is InChI=1S/C32H41Cl3N4O6/c1-5-22-8-6-9-24(17-22)23-11-13-25(14-12-23)44-18-27(40)37-29(20(2)3)30(42)36-21(4)16-28(41)39-15-7-10-26(38-39)31(43)45-19-32(33,34)35/h6,8-9,11-14,17,20-21,26,29,38H,5,7,10,15-16,18-19H2,1-4H3,(H,36,42)(H,37,40). The molecule has 10 nitrogen and oxygen atoms in total. The van der Waals surface area contributed by atoms with Crippen LogP contribution in [-0.4, -0.2) is 70.4 Å². The fourth-order valence-electron chi connectivity index (χ4n) is 4.76. The van der Waals surface area contributed by atoms with Crippen LogP contribution in [0.2, 0.25) is 0 Å². The SMILES string of the molecule is CCc1cccc(-c2ccc(OCC(=O)NC(C(=O)NC(C)CC(=O)N3CCCC(C(=O)OCC(Cl)(Cl)Cl)N3)C(C)C)cc2)c1. The highest BCUT2D eigenvalue weighted by Gasteiger charge is 2.32. The Hall–Kier alpha value is -3.05. The van der Waals surface area contributed by atoms with E-state index in [1.54, 1.807) is 19.1 Å². The van der Waals surface area contributed by atoms with Gasteiger partial charge in [0.15, 0.2) is 6.61 Å². The van der Waals surface area contributed by atoms with E-state index in [1.807, 2.05) is 38.1 Å². The Kier molecular flexibility index (Phi) is 13.8. The summed E-state index contributed by atoms with van der Waals surface area (Å²) in [6, 6.07) is 13.7. The van der Waals surface area contributed by atoms with Crippen LogP contribution in [0.4, 0.5) is 0 Å². The zero-order chi connectivity index (χ0) is 33.1. The molecule has 3 atom stereocenters. The lowest BCUT2D eigenvalue weighted by molar-refractivity contribution is -0.152. The predicted octanol–water partition coefficient (Wildman–Crippen LogP) is 4.74. The fourth-order valence-corrected chi connectivity index (χ4v) is 4.92. The number of benzene rings is 2. The Morgan fingerprint density at radius 3 is 2.38 bits per heavy atom. The number of rotatable bonds is 13. The molecule has 1 saturated heterocycles. The van der Waals surface area contributed by atoms with Crippen LogP contribution in [0.25, 0.3) is 11.1 Å². The third-order valence-corrected chi connectivity index (χ3v) is 7.51. The van der Waals surface area contributed by atoms with Crippen LogP contribution >= 0.6 is 34.8 Å². The molecule has 0 spiro atoms. The second-order valence-electron chi connectivity index (χ2n) is 11.4. The average Bonchev–Trinajstić information content (AvgIpc) is 3.01. The second-order valence-corrected chi connectivity index (χ2v) is 13.9. The topological polar surface area (TPSA) is 126 Å². The molecule has 13 heteroatoms. The second kappa shape index (κ2) is 17.0. The average molecular weight is 684 g/mol. The Morgan fingerprint density at radius 2 is 1.73 bits per heavy atom. The normalized spacial score (nSPS) is 16.4. The van der Waals surface area contributed by atoms with Gasteiger partial charge in [0.2, 0.25) is 15.6 Å². The number of hydrogen-bond acceptors (Lipinski definition) is 7. The first-order valence-corrected chi connectivity index (χ1v) is 16.1. The lowest BCUT2D eigenvalue weighted by atomic mass is 10.0. The van der Waals surface area contributed by atoms with Crippen LogP contribution in [-0.2, 0) is 30.3 Å². The van der Waals surface area contributed by atoms with Gasteiger partial charge >= 0.3 is 5.97 Å². The minimum atomic E-state index is -1.73. The Morgan fingerprint density at radius 1 is 1.02 bits per heavy atom. The van der Waals surface area contributed by atoms with E-state index in [9.17, 15) is 19.2 Å². The van der Waals surface area contributed by atoms with Gasteiger partial charge < -0.3 is 20.1 Å². The van der Waals surface area contributed by atoms with Crippen molar-refractivity contribution < 1.29 is 28.7 Å². The number of ether oxygens (including phenoxy) is 2. The summed E-state index contributed by atoms with van der Waals surface area (Å²) in [5.41, 5.74) is 6.26. The van der Waals surface area contributed by atoms with Gasteiger partial charge in [-0.2, -0.15) is 0 Å². The minimum Gasteiger partial charge on any atom is -0.484 e. The summed E-state index contributed by atoms with van der Waals surface area (Å²) in [4.78, 5) is 51.0. The number of hydrogen-bond donors (Lipinski definition) is 3. The molecule has 0 aromatic heterocycles. The largest absolute Gasteiger partial charge is 0.484 e. The molecule has 0 saturated carbocycles. The summed E-state index contributed by atoms with van der Waals surface area (Å²) >= 11 is 16.9. The highest BCUT2D eigenvalue weighted by atomic mass is 35.6. The van der Waals surface area contributed by atoms with Gasteiger partial charge in [0.05, 0.1) is 0 Å². The van der Waals surface area contributed by atoms with Gasteiger partial charge in [0.1, 0.15) is 24.4 Å². The molecule has 3 unspecified atom stereocenters. The van der Waals surface area contributed by atoms with Gasteiger partial charge in [0, 0.05) is 19.0 Å². The van der Waals surface area contributed by atoms with Gasteiger partial charge in [-0.25, -0.2) is 5.43 Å². The Labute approximate surface area is 279 Å². The summed E-state index contributed by atoms with van der Waals surface area (Å²) in [7, 11) is 0. The lowest BCUT2D eigenvalue weighted by Crippen LogP contribution is -2.57. The van der Waals surface area contributed by atoms with E-state index in [0.29, 0.717) is 25.1 Å². The van der Waals surface area contributed by atoms with E-state index in [2.05, 4.69) is 35.1 Å². The monoisotopic (exact) mass is 682 g/mol. The molecule has 0 radical (unpaired) electrons. The van der Waals surface area contributed by atoms with Gasteiger partial charge in [-0.05, 0) is 60.9 Å². The van der Waals surface area contributed by atoms with Crippen molar-refractivity contribution in [1.82, 2.24) is 21.1 Å². The number of carbonyl (C=O) groups is 4. The molecule has 45 heavy (non-hydrogen) atoms. The molecule has 0 aliphatic carbocycles. The number of carbonyl (C=O) groups excluding carboxylic acids is 4. The van der Waals surface area contributed by atoms with Crippen LogP contribution in [0.15, 0.2) is 48.5 Å². The number of esters is 1. The number of halogens is 3. The zero-order valence-corrected chi connectivity index (χ0v) is 28.2. The van der Waals surface area contributed by atoms with Crippen molar-refractivity contribution in [3.63, 3.8) is 0 Å². The molecule has 1 aliphatic heterocycles. The van der Waals surface area contributed by atoms with Crippen LogP contribution in [0.5, 0.6) is 5.75 Å². The van der Waals surface area contributed by atoms with Crippen LogP contribution in [0, 0.1) is 5.92 Å². The quantitative estimate of drug-likeness (QED) is 0.206. The lowest BCUT2D eigenvalue weighted by Gasteiger charge is -2.33. The van der Waals surface area contributed by atoms with Crippen molar-refractivity contribution in [1.29, 1.82) is 0 Å². The minimum absolute atomic E-state index is 0.0325. The van der Waals surface area contributed by atoms with Crippen molar-refractivity contribution in [2.24, 2.45) is 5.92 Å². The number of hydrazine groups is 1. The third-order valence-electron chi connectivity index (χ3n) is 7.18. The van der Waals surface area contributed by atoms with Gasteiger partial charge in [-0.1, -0.05) is 92.0 Å². The molecule has 3 amide bonds. The van der Waals surface area contributed by atoms with Crippen LogP contribution < -0.4 is 20.8 Å². The molecule has 246 valence electrons. The fraction of sp³-hybridized carbons (Fsp3) is 0.500. The molecule has 2 aromatic rings. The van der Waals surface area contributed by atoms with E-state index in [-0.39, 0.29) is 24.9 Å². The van der Waals surface area contributed by atoms with E-state index in [0.717, 1.165) is 17.5 Å². The molecule has 3 rings (SSSR count). The van der Waals surface area contributed by atoms with Crippen molar-refractivity contribution >= 4 is 58.5 Å². The Bertz CT molecular complexity index is 1320. The first-order chi connectivity index (χ1) is 21.3. The van der Waals surface area contributed by atoms with Crippen molar-refractivity contribution in [2.75, 3.05) is 19.8 Å².